The highest BCUT2D eigenvalue weighted by Gasteiger charge is 2.34. The molecule has 11 heteroatoms. The van der Waals surface area contributed by atoms with Crippen molar-refractivity contribution in [3.63, 3.8) is 0 Å². The van der Waals surface area contributed by atoms with Crippen LogP contribution < -0.4 is 4.74 Å². The fourth-order valence-electron chi connectivity index (χ4n) is 2.49. The van der Waals surface area contributed by atoms with Crippen LogP contribution in [-0.4, -0.2) is 26.4 Å². The molecule has 0 bridgehead atoms. The molecular formula is C16H10ClF5N4O. The summed E-state index contributed by atoms with van der Waals surface area (Å²) in [5.74, 6) is -0.617. The van der Waals surface area contributed by atoms with Gasteiger partial charge in [-0.3, -0.25) is 0 Å². The smallest absolute Gasteiger partial charge is 0.416 e. The second-order valence-electron chi connectivity index (χ2n) is 5.33. The van der Waals surface area contributed by atoms with Gasteiger partial charge in [-0.25, -0.2) is 4.98 Å². The maximum Gasteiger partial charge on any atom is 0.417 e. The monoisotopic (exact) mass is 404 g/mol. The Kier molecular flexibility index (Phi) is 5.01. The zero-order valence-electron chi connectivity index (χ0n) is 13.5. The van der Waals surface area contributed by atoms with Gasteiger partial charge in [-0.15, -0.1) is 10.2 Å². The molecule has 2 heterocycles. The molecular weight excluding hydrogens is 395 g/mol. The first-order chi connectivity index (χ1) is 12.7. The zero-order chi connectivity index (χ0) is 19.8. The lowest BCUT2D eigenvalue weighted by Gasteiger charge is -2.13. The maximum atomic E-state index is 13.3. The van der Waals surface area contributed by atoms with Gasteiger partial charge in [-0.05, 0) is 12.1 Å². The number of nitrogens with zero attached hydrogens (tertiary/aromatic N) is 4. The molecule has 2 aromatic heterocycles. The van der Waals surface area contributed by atoms with Crippen molar-refractivity contribution in [2.75, 3.05) is 0 Å². The van der Waals surface area contributed by atoms with Crippen LogP contribution in [0.4, 0.5) is 22.0 Å². The van der Waals surface area contributed by atoms with E-state index in [2.05, 4.69) is 19.9 Å². The Balaban J connectivity index is 2.15. The summed E-state index contributed by atoms with van der Waals surface area (Å²) in [6, 6.07) is 6.08. The summed E-state index contributed by atoms with van der Waals surface area (Å²) in [4.78, 5) is 3.68. The Labute approximate surface area is 154 Å². The fourth-order valence-corrected chi connectivity index (χ4v) is 2.65. The first kappa shape index (κ1) is 19.0. The molecule has 0 N–H and O–H groups in total. The molecule has 0 aliphatic rings. The van der Waals surface area contributed by atoms with Crippen molar-refractivity contribution in [3.05, 3.63) is 47.1 Å². The molecule has 5 nitrogen and oxygen atoms in total. The molecule has 0 atom stereocenters. The number of pyridine rings is 1. The predicted molar refractivity (Wildman–Crippen MR) is 86.3 cm³/mol. The number of halogens is 6. The summed E-state index contributed by atoms with van der Waals surface area (Å²) in [5, 5.41) is 7.71. The second kappa shape index (κ2) is 7.10. The second-order valence-corrected chi connectivity index (χ2v) is 5.77. The van der Waals surface area contributed by atoms with Crippen LogP contribution in [-0.2, 0) is 13.2 Å². The van der Waals surface area contributed by atoms with Crippen molar-refractivity contribution < 1.29 is 26.7 Å². The SMILES string of the molecule is Cn1c(-c2ccccc2C(F)(F)F)nnc1-c1cc(Cl)cnc1OC(F)F. The van der Waals surface area contributed by atoms with E-state index in [0.29, 0.717) is 0 Å². The van der Waals surface area contributed by atoms with Crippen molar-refractivity contribution in [1.82, 2.24) is 19.7 Å². The summed E-state index contributed by atoms with van der Waals surface area (Å²) < 4.78 is 70.6. The molecule has 3 aromatic rings. The van der Waals surface area contributed by atoms with Crippen LogP contribution in [0.15, 0.2) is 36.5 Å². The van der Waals surface area contributed by atoms with Crippen LogP contribution in [0.25, 0.3) is 22.8 Å². The molecule has 0 aliphatic carbocycles. The van der Waals surface area contributed by atoms with E-state index in [1.54, 1.807) is 0 Å². The molecule has 0 saturated heterocycles. The lowest BCUT2D eigenvalue weighted by Crippen LogP contribution is -2.09. The van der Waals surface area contributed by atoms with Crippen LogP contribution in [0, 0.1) is 0 Å². The molecule has 3 rings (SSSR count). The average molecular weight is 405 g/mol. The van der Waals surface area contributed by atoms with Gasteiger partial charge < -0.3 is 9.30 Å². The van der Waals surface area contributed by atoms with Gasteiger partial charge in [0.05, 0.1) is 16.1 Å². The first-order valence-electron chi connectivity index (χ1n) is 7.35. The van der Waals surface area contributed by atoms with Crippen molar-refractivity contribution >= 4 is 11.6 Å². The third-order valence-corrected chi connectivity index (χ3v) is 3.81. The fraction of sp³-hybridized carbons (Fsp3) is 0.188. The minimum atomic E-state index is -4.61. The van der Waals surface area contributed by atoms with E-state index in [1.807, 2.05) is 0 Å². The van der Waals surface area contributed by atoms with E-state index in [-0.39, 0.29) is 27.8 Å². The van der Waals surface area contributed by atoms with E-state index in [1.165, 1.54) is 35.9 Å². The van der Waals surface area contributed by atoms with Gasteiger partial charge in [0.1, 0.15) is 0 Å². The summed E-state index contributed by atoms with van der Waals surface area (Å²) in [7, 11) is 1.39. The predicted octanol–water partition coefficient (Wildman–Crippen LogP) is 4.82. The lowest BCUT2D eigenvalue weighted by atomic mass is 10.1. The van der Waals surface area contributed by atoms with E-state index >= 15 is 0 Å². The molecule has 142 valence electrons. The Morgan fingerprint density at radius 2 is 1.70 bits per heavy atom. The minimum absolute atomic E-state index is 0.0338. The Bertz CT molecular complexity index is 974. The van der Waals surface area contributed by atoms with Gasteiger partial charge in [0.15, 0.2) is 11.6 Å². The van der Waals surface area contributed by atoms with Gasteiger partial charge in [-0.1, -0.05) is 29.8 Å². The Hall–Kier alpha value is -2.75. The van der Waals surface area contributed by atoms with Gasteiger partial charge in [0, 0.05) is 18.8 Å². The third-order valence-electron chi connectivity index (χ3n) is 3.61. The van der Waals surface area contributed by atoms with E-state index in [4.69, 9.17) is 11.6 Å². The number of rotatable bonds is 4. The number of ether oxygens (including phenoxy) is 1. The van der Waals surface area contributed by atoms with Gasteiger partial charge in [-0.2, -0.15) is 22.0 Å². The van der Waals surface area contributed by atoms with E-state index in [9.17, 15) is 22.0 Å². The first-order valence-corrected chi connectivity index (χ1v) is 7.73. The zero-order valence-corrected chi connectivity index (χ0v) is 14.3. The molecule has 0 radical (unpaired) electrons. The van der Waals surface area contributed by atoms with Crippen molar-refractivity contribution in [2.24, 2.45) is 7.05 Å². The standard InChI is InChI=1S/C16H10ClF5N4O/c1-26-12(9-4-2-3-5-11(9)16(20,21)22)24-25-13(26)10-6-8(17)7-23-14(10)27-15(18)19/h2-7,15H,1H3. The summed E-state index contributed by atoms with van der Waals surface area (Å²) in [6.45, 7) is -3.16. The van der Waals surface area contributed by atoms with Crippen LogP contribution in [0.1, 0.15) is 5.56 Å². The molecule has 0 unspecified atom stereocenters. The molecule has 0 amide bonds. The van der Waals surface area contributed by atoms with Gasteiger partial charge >= 0.3 is 12.8 Å². The topological polar surface area (TPSA) is 52.8 Å². The molecule has 1 aromatic carbocycles. The average Bonchev–Trinajstić information content (AvgIpc) is 2.96. The molecule has 0 fully saturated rings. The van der Waals surface area contributed by atoms with Crippen LogP contribution in [0.5, 0.6) is 5.88 Å². The molecule has 0 aliphatic heterocycles. The number of benzene rings is 1. The number of alkyl halides is 5. The summed E-state index contributed by atoms with van der Waals surface area (Å²) in [5.41, 5.74) is -1.15. The van der Waals surface area contributed by atoms with Gasteiger partial charge in [0.25, 0.3) is 0 Å². The van der Waals surface area contributed by atoms with E-state index in [0.717, 1.165) is 12.3 Å². The normalized spacial score (nSPS) is 11.9. The maximum absolute atomic E-state index is 13.3. The van der Waals surface area contributed by atoms with Crippen LogP contribution >= 0.6 is 11.6 Å². The van der Waals surface area contributed by atoms with Crippen molar-refractivity contribution in [1.29, 1.82) is 0 Å². The quantitative estimate of drug-likeness (QED) is 0.585. The van der Waals surface area contributed by atoms with Crippen LogP contribution in [0.2, 0.25) is 5.02 Å². The molecule has 27 heavy (non-hydrogen) atoms. The summed E-state index contributed by atoms with van der Waals surface area (Å²) >= 11 is 5.85. The number of hydrogen-bond acceptors (Lipinski definition) is 4. The van der Waals surface area contributed by atoms with E-state index < -0.39 is 24.2 Å². The minimum Gasteiger partial charge on any atom is -0.416 e. The van der Waals surface area contributed by atoms with Crippen molar-refractivity contribution in [2.45, 2.75) is 12.8 Å². The highest BCUT2D eigenvalue weighted by atomic mass is 35.5. The van der Waals surface area contributed by atoms with Gasteiger partial charge in [0.2, 0.25) is 5.88 Å². The largest absolute Gasteiger partial charge is 0.417 e. The Morgan fingerprint density at radius 1 is 1.07 bits per heavy atom. The summed E-state index contributed by atoms with van der Waals surface area (Å²) in [6.07, 6.45) is -3.51. The number of hydrogen-bond donors (Lipinski definition) is 0. The van der Waals surface area contributed by atoms with Crippen LogP contribution in [0.3, 0.4) is 0 Å². The highest BCUT2D eigenvalue weighted by molar-refractivity contribution is 6.30. The molecule has 0 saturated carbocycles. The Morgan fingerprint density at radius 3 is 2.33 bits per heavy atom. The third kappa shape index (κ3) is 3.85. The lowest BCUT2D eigenvalue weighted by molar-refractivity contribution is -0.137. The van der Waals surface area contributed by atoms with Crippen molar-refractivity contribution in [3.8, 4) is 28.7 Å². The number of aromatic nitrogens is 4. The molecule has 0 spiro atoms. The highest BCUT2D eigenvalue weighted by Crippen LogP contribution is 2.38.